The topological polar surface area (TPSA) is 266 Å². The Bertz CT molecular complexity index is 937. The summed E-state index contributed by atoms with van der Waals surface area (Å²) in [6.45, 7) is 3.68. The van der Waals surface area contributed by atoms with Crippen LogP contribution < -0.4 is 16.0 Å². The van der Waals surface area contributed by atoms with Crippen LogP contribution in [0.5, 0.6) is 0 Å². The van der Waals surface area contributed by atoms with E-state index in [-0.39, 0.29) is 51.7 Å². The van der Waals surface area contributed by atoms with Gasteiger partial charge in [0.2, 0.25) is 17.7 Å². The highest BCUT2D eigenvalue weighted by atomic mass is 16.7. The first-order valence-corrected chi connectivity index (χ1v) is 15.9. The summed E-state index contributed by atoms with van der Waals surface area (Å²) in [5.74, 6) is -1.39. The van der Waals surface area contributed by atoms with Crippen LogP contribution in [0.15, 0.2) is 0 Å². The Hall–Kier alpha value is -2.36. The van der Waals surface area contributed by atoms with Gasteiger partial charge >= 0.3 is 0 Å². The van der Waals surface area contributed by atoms with E-state index in [1.807, 2.05) is 0 Å². The van der Waals surface area contributed by atoms with Crippen molar-refractivity contribution >= 4 is 23.5 Å². The first-order valence-electron chi connectivity index (χ1n) is 15.9. The molecule has 272 valence electrons. The molecule has 0 bridgehead atoms. The van der Waals surface area contributed by atoms with Crippen molar-refractivity contribution in [1.29, 1.82) is 0 Å². The molecule has 2 heterocycles. The Kier molecular flexibility index (Phi) is 18.1. The van der Waals surface area contributed by atoms with Crippen LogP contribution in [-0.4, -0.2) is 173 Å². The molecule has 0 spiro atoms. The molecule has 0 aromatic heterocycles. The fourth-order valence-corrected chi connectivity index (χ4v) is 4.88. The second kappa shape index (κ2) is 20.9. The number of hydrogen-bond acceptors (Lipinski definition) is 15. The molecule has 2 aliphatic rings. The van der Waals surface area contributed by atoms with Gasteiger partial charge in [-0.2, -0.15) is 0 Å². The molecule has 0 unspecified atom stereocenters. The lowest BCUT2D eigenvalue weighted by Crippen LogP contribution is -2.57. The van der Waals surface area contributed by atoms with E-state index in [0.717, 1.165) is 6.42 Å². The third-order valence-corrected chi connectivity index (χ3v) is 7.66. The normalized spacial score (nSPS) is 30.9. The van der Waals surface area contributed by atoms with E-state index < -0.39 is 79.1 Å². The number of nitrogens with one attached hydrogen (secondary N) is 3. The lowest BCUT2D eigenvalue weighted by Gasteiger charge is -2.38. The van der Waals surface area contributed by atoms with Crippen molar-refractivity contribution in [3.63, 3.8) is 0 Å². The lowest BCUT2D eigenvalue weighted by molar-refractivity contribution is -0.292. The van der Waals surface area contributed by atoms with Crippen LogP contribution in [0.1, 0.15) is 46.5 Å². The number of Topliss-reactive ketones (excluding diaryl/α,β-unsaturated/α-hetero) is 1. The molecule has 2 aliphatic heterocycles. The van der Waals surface area contributed by atoms with Crippen molar-refractivity contribution in [1.82, 2.24) is 20.9 Å². The van der Waals surface area contributed by atoms with Gasteiger partial charge in [0.25, 0.3) is 0 Å². The molecule has 18 heteroatoms. The van der Waals surface area contributed by atoms with Gasteiger partial charge in [-0.25, -0.2) is 0 Å². The van der Waals surface area contributed by atoms with Crippen LogP contribution in [0.3, 0.4) is 0 Å². The molecule has 2 fully saturated rings. The number of carbonyl (C=O) groups is 4. The first kappa shape index (κ1) is 40.8. The van der Waals surface area contributed by atoms with Gasteiger partial charge in [-0.15, -0.1) is 0 Å². The average Bonchev–Trinajstić information content (AvgIpc) is 3.01. The lowest BCUT2D eigenvalue weighted by atomic mass is 10.0. The number of ketones is 1. The third kappa shape index (κ3) is 14.3. The van der Waals surface area contributed by atoms with Crippen LogP contribution in [0.25, 0.3) is 0 Å². The molecule has 47 heavy (non-hydrogen) atoms. The van der Waals surface area contributed by atoms with Crippen LogP contribution >= 0.6 is 0 Å². The average molecular weight is 681 g/mol. The number of nitrogens with zero attached hydrogens (tertiary/aromatic N) is 1. The monoisotopic (exact) mass is 680 g/mol. The Labute approximate surface area is 273 Å². The maximum atomic E-state index is 12.7. The molecular formula is C29H52N4O14. The molecular weight excluding hydrogens is 628 g/mol. The quantitative estimate of drug-likeness (QED) is 0.0549. The van der Waals surface area contributed by atoms with E-state index in [1.54, 1.807) is 0 Å². The van der Waals surface area contributed by atoms with Gasteiger partial charge < -0.3 is 70.3 Å². The van der Waals surface area contributed by atoms with Gasteiger partial charge in [-0.3, -0.25) is 19.3 Å². The highest BCUT2D eigenvalue weighted by Crippen LogP contribution is 2.22. The minimum atomic E-state index is -1.49. The van der Waals surface area contributed by atoms with Gasteiger partial charge in [0.05, 0.1) is 45.1 Å². The van der Waals surface area contributed by atoms with Gasteiger partial charge in [0.1, 0.15) is 42.4 Å². The molecule has 0 aromatic carbocycles. The zero-order valence-electron chi connectivity index (χ0n) is 27.2. The minimum Gasteiger partial charge on any atom is -0.388 e. The zero-order chi connectivity index (χ0) is 35.1. The van der Waals surface area contributed by atoms with Crippen molar-refractivity contribution < 1.29 is 68.8 Å². The Balaban J connectivity index is 1.81. The molecule has 2 saturated heterocycles. The second-order valence-corrected chi connectivity index (χ2v) is 11.8. The minimum absolute atomic E-state index is 0.0261. The largest absolute Gasteiger partial charge is 0.388 e. The van der Waals surface area contributed by atoms with E-state index >= 15 is 0 Å². The van der Waals surface area contributed by atoms with E-state index in [9.17, 15) is 49.8 Å². The first-order chi connectivity index (χ1) is 22.2. The molecule has 0 saturated carbocycles. The molecule has 9 N–H and O–H groups in total. The highest BCUT2D eigenvalue weighted by Gasteiger charge is 2.43. The number of unbranched alkanes of at least 4 members (excludes halogenated alkanes) is 2. The highest BCUT2D eigenvalue weighted by molar-refractivity contribution is 5.84. The number of ether oxygens (including phenoxy) is 4. The van der Waals surface area contributed by atoms with Gasteiger partial charge in [0.15, 0.2) is 12.6 Å². The van der Waals surface area contributed by atoms with Gasteiger partial charge in [0, 0.05) is 26.1 Å². The number of aliphatic hydroxyl groups is 6. The van der Waals surface area contributed by atoms with Crippen molar-refractivity contribution in [2.75, 3.05) is 52.5 Å². The predicted octanol–water partition coefficient (Wildman–Crippen LogP) is -4.53. The van der Waals surface area contributed by atoms with Crippen LogP contribution in [0.2, 0.25) is 0 Å². The van der Waals surface area contributed by atoms with Crippen LogP contribution in [0.4, 0.5) is 0 Å². The summed E-state index contributed by atoms with van der Waals surface area (Å²) in [4.78, 5) is 50.3. The second-order valence-electron chi connectivity index (χ2n) is 11.8. The maximum Gasteiger partial charge on any atom is 0.234 e. The zero-order valence-corrected chi connectivity index (χ0v) is 27.2. The molecule has 3 amide bonds. The summed E-state index contributed by atoms with van der Waals surface area (Å²) in [7, 11) is 0. The summed E-state index contributed by atoms with van der Waals surface area (Å²) in [6, 6.07) is 0. The number of aliphatic hydroxyl groups excluding tert-OH is 6. The number of carbonyl (C=O) groups excluding carboxylic acids is 4. The van der Waals surface area contributed by atoms with Gasteiger partial charge in [-0.1, -0.05) is 6.42 Å². The smallest absolute Gasteiger partial charge is 0.234 e. The Morgan fingerprint density at radius 1 is 0.596 bits per heavy atom. The Morgan fingerprint density at radius 3 is 1.40 bits per heavy atom. The molecule has 2 rings (SSSR count). The molecule has 0 aliphatic carbocycles. The van der Waals surface area contributed by atoms with Crippen molar-refractivity contribution in [3.05, 3.63) is 0 Å². The standard InChI is InChI=1S/C29H52N4O14/c1-16(34)7-5-4-6-8-30-19(35)13-33(14-20(36)31-9-11-44-28-26(42)24(40)22(38)17(2)46-28)15-21(37)32-10-12-45-29-27(43)25(41)23(39)18(3)47-29/h17-18,22-29,38-43H,4-15H2,1-3H3,(H,30,35)(H,31,36)(H,32,37)/t17-,18-,22+,23+,24+,25+,26-,27-,28+,29+/m0/s1. The fraction of sp³-hybridized carbons (Fsp3) is 0.862. The van der Waals surface area contributed by atoms with Crippen molar-refractivity contribution in [3.8, 4) is 0 Å². The molecule has 18 nitrogen and oxygen atoms in total. The molecule has 0 aromatic rings. The molecule has 10 atom stereocenters. The molecule has 0 radical (unpaired) electrons. The number of amides is 3. The third-order valence-electron chi connectivity index (χ3n) is 7.66. The van der Waals surface area contributed by atoms with Crippen LogP contribution in [-0.2, 0) is 38.1 Å². The summed E-state index contributed by atoms with van der Waals surface area (Å²) in [5.41, 5.74) is 0. The van der Waals surface area contributed by atoms with Crippen molar-refractivity contribution in [2.24, 2.45) is 0 Å². The van der Waals surface area contributed by atoms with E-state index in [1.165, 1.54) is 25.7 Å². The Morgan fingerprint density at radius 2 is 1.00 bits per heavy atom. The van der Waals surface area contributed by atoms with Crippen molar-refractivity contribution in [2.45, 2.75) is 108 Å². The van der Waals surface area contributed by atoms with E-state index in [0.29, 0.717) is 25.8 Å². The van der Waals surface area contributed by atoms with E-state index in [2.05, 4.69) is 16.0 Å². The summed E-state index contributed by atoms with van der Waals surface area (Å²) >= 11 is 0. The van der Waals surface area contributed by atoms with Crippen LogP contribution in [0, 0.1) is 0 Å². The summed E-state index contributed by atoms with van der Waals surface area (Å²) < 4.78 is 21.5. The van der Waals surface area contributed by atoms with Gasteiger partial charge in [-0.05, 0) is 33.6 Å². The summed E-state index contributed by atoms with van der Waals surface area (Å²) in [5, 5.41) is 67.3. The predicted molar refractivity (Wildman–Crippen MR) is 161 cm³/mol. The number of rotatable bonds is 20. The summed E-state index contributed by atoms with van der Waals surface area (Å²) in [6.07, 6.45) is -9.90. The fourth-order valence-electron chi connectivity index (χ4n) is 4.88. The number of hydrogen-bond donors (Lipinski definition) is 9. The maximum absolute atomic E-state index is 12.7. The van der Waals surface area contributed by atoms with E-state index in [4.69, 9.17) is 18.9 Å². The SMILES string of the molecule is CC(=O)CCCCCNC(=O)CN(CC(=O)NCCO[C@@H]1O[C@@H](C)[C@@H](O)[C@@H](O)[C@@H]1O)CC(=O)NCCO[C@@H]1O[C@@H](C)[C@@H](O)[C@@H](O)[C@@H]1O.